The van der Waals surface area contributed by atoms with Crippen molar-refractivity contribution in [3.8, 4) is 17.0 Å². The van der Waals surface area contributed by atoms with Gasteiger partial charge in [0, 0.05) is 12.6 Å². The van der Waals surface area contributed by atoms with Crippen LogP contribution in [-0.4, -0.2) is 34.6 Å². The number of allylic oxidation sites excluding steroid dienone is 2. The number of alkyl halides is 1. The number of hydrogen-bond acceptors (Lipinski definition) is 4. The first-order valence-electron chi connectivity index (χ1n) is 10.8. The lowest BCUT2D eigenvalue weighted by Gasteiger charge is -2.38. The average Bonchev–Trinajstić information content (AvgIpc) is 3.41. The van der Waals surface area contributed by atoms with E-state index in [9.17, 15) is 9.50 Å². The van der Waals surface area contributed by atoms with Gasteiger partial charge in [-0.3, -0.25) is 0 Å². The van der Waals surface area contributed by atoms with E-state index in [-0.39, 0.29) is 17.7 Å². The van der Waals surface area contributed by atoms with E-state index in [1.807, 2.05) is 42.3 Å². The zero-order valence-electron chi connectivity index (χ0n) is 16.9. The summed E-state index contributed by atoms with van der Waals surface area (Å²) in [6, 6.07) is 9.41. The molecular formula is C24H28FN3O. The SMILES string of the molecule is CN(c1ccc(-c2ccc(C3=CCCC3)cc2O)nn1)[C@@H]1C[C@H]2CC[C@H](C2)[C@@H]1F. The lowest BCUT2D eigenvalue weighted by Crippen LogP contribution is -2.46. The van der Waals surface area contributed by atoms with E-state index in [4.69, 9.17) is 0 Å². The first-order chi connectivity index (χ1) is 14.1. The average molecular weight is 394 g/mol. The zero-order valence-corrected chi connectivity index (χ0v) is 16.9. The van der Waals surface area contributed by atoms with Gasteiger partial charge in [-0.15, -0.1) is 10.2 Å². The molecule has 1 aromatic carbocycles. The maximum absolute atomic E-state index is 14.9. The third kappa shape index (κ3) is 3.41. The number of anilines is 1. The van der Waals surface area contributed by atoms with E-state index in [1.165, 1.54) is 12.0 Å². The number of rotatable bonds is 4. The highest BCUT2D eigenvalue weighted by atomic mass is 19.1. The van der Waals surface area contributed by atoms with E-state index in [0.717, 1.165) is 44.1 Å². The van der Waals surface area contributed by atoms with Crippen LogP contribution in [-0.2, 0) is 0 Å². The molecule has 0 radical (unpaired) electrons. The maximum Gasteiger partial charge on any atom is 0.151 e. The predicted molar refractivity (Wildman–Crippen MR) is 113 cm³/mol. The fourth-order valence-electron chi connectivity index (χ4n) is 5.48. The minimum absolute atomic E-state index is 0.117. The second kappa shape index (κ2) is 7.43. The highest BCUT2D eigenvalue weighted by molar-refractivity contribution is 5.74. The third-order valence-electron chi connectivity index (χ3n) is 7.17. The minimum Gasteiger partial charge on any atom is -0.507 e. The van der Waals surface area contributed by atoms with E-state index in [0.29, 0.717) is 23.0 Å². The van der Waals surface area contributed by atoms with Crippen molar-refractivity contribution in [2.75, 3.05) is 11.9 Å². The molecule has 0 spiro atoms. The quantitative estimate of drug-likeness (QED) is 0.758. The fraction of sp³-hybridized carbons (Fsp3) is 0.500. The fourth-order valence-corrected chi connectivity index (χ4v) is 5.48. The molecule has 3 aliphatic carbocycles. The van der Waals surface area contributed by atoms with E-state index < -0.39 is 6.17 Å². The molecule has 2 bridgehead atoms. The van der Waals surface area contributed by atoms with E-state index in [2.05, 4.69) is 16.3 Å². The molecule has 4 nitrogen and oxygen atoms in total. The van der Waals surface area contributed by atoms with Crippen LogP contribution in [0.15, 0.2) is 36.4 Å². The number of phenolic OH excluding ortho intramolecular Hbond substituents is 1. The van der Waals surface area contributed by atoms with Crippen molar-refractivity contribution in [3.63, 3.8) is 0 Å². The van der Waals surface area contributed by atoms with Crippen LogP contribution in [0.2, 0.25) is 0 Å². The molecular weight excluding hydrogens is 365 g/mol. The molecule has 0 aliphatic heterocycles. The number of fused-ring (bicyclic) bond motifs is 2. The molecule has 2 saturated carbocycles. The molecule has 4 atom stereocenters. The van der Waals surface area contributed by atoms with Crippen LogP contribution in [0.4, 0.5) is 10.2 Å². The second-order valence-electron chi connectivity index (χ2n) is 8.93. The van der Waals surface area contributed by atoms with E-state index in [1.54, 1.807) is 0 Å². The van der Waals surface area contributed by atoms with Crippen molar-refractivity contribution in [2.24, 2.45) is 11.8 Å². The van der Waals surface area contributed by atoms with Crippen LogP contribution in [0, 0.1) is 11.8 Å². The summed E-state index contributed by atoms with van der Waals surface area (Å²) >= 11 is 0. The number of benzene rings is 1. The summed E-state index contributed by atoms with van der Waals surface area (Å²) in [5.74, 6) is 1.77. The first kappa shape index (κ1) is 18.6. The molecule has 29 heavy (non-hydrogen) atoms. The van der Waals surface area contributed by atoms with Crippen LogP contribution in [0.3, 0.4) is 0 Å². The molecule has 1 N–H and O–H groups in total. The van der Waals surface area contributed by atoms with Gasteiger partial charge in [0.2, 0.25) is 0 Å². The Morgan fingerprint density at radius 2 is 2.00 bits per heavy atom. The first-order valence-corrected chi connectivity index (χ1v) is 10.8. The van der Waals surface area contributed by atoms with Crippen LogP contribution in [0.1, 0.15) is 50.5 Å². The van der Waals surface area contributed by atoms with Gasteiger partial charge in [0.25, 0.3) is 0 Å². The van der Waals surface area contributed by atoms with Gasteiger partial charge < -0.3 is 10.0 Å². The Hall–Kier alpha value is -2.43. The largest absolute Gasteiger partial charge is 0.507 e. The Labute approximate surface area is 171 Å². The van der Waals surface area contributed by atoms with E-state index >= 15 is 0 Å². The van der Waals surface area contributed by atoms with Crippen molar-refractivity contribution in [1.29, 1.82) is 0 Å². The number of hydrogen-bond donors (Lipinski definition) is 1. The van der Waals surface area contributed by atoms with Gasteiger partial charge in [-0.1, -0.05) is 12.1 Å². The predicted octanol–water partition coefficient (Wildman–Crippen LogP) is 5.38. The molecule has 0 saturated heterocycles. The lowest BCUT2D eigenvalue weighted by molar-refractivity contribution is 0.144. The lowest BCUT2D eigenvalue weighted by atomic mass is 9.83. The van der Waals surface area contributed by atoms with Crippen molar-refractivity contribution >= 4 is 11.4 Å². The standard InChI is InChI=1S/C24H28FN3O/c1-28(21-13-15-6-7-18(12-15)24(21)25)23-11-10-20(26-27-23)19-9-8-17(14-22(19)29)16-4-2-3-5-16/h4,8-11,14-15,18,21,24,29H,2-3,5-7,12-13H2,1H3/t15-,18+,21+,24-/m0/s1. The molecule has 1 aromatic heterocycles. The van der Waals surface area contributed by atoms with Crippen LogP contribution < -0.4 is 4.90 Å². The molecule has 152 valence electrons. The Bertz CT molecular complexity index is 926. The van der Waals surface area contributed by atoms with Crippen LogP contribution >= 0.6 is 0 Å². The van der Waals surface area contributed by atoms with Crippen molar-refractivity contribution in [3.05, 3.63) is 42.0 Å². The Balaban J connectivity index is 1.35. The number of aromatic hydroxyl groups is 1. The molecule has 2 aromatic rings. The smallest absolute Gasteiger partial charge is 0.151 e. The summed E-state index contributed by atoms with van der Waals surface area (Å²) in [6.45, 7) is 0. The number of nitrogens with zero attached hydrogens (tertiary/aromatic N) is 3. The summed E-state index contributed by atoms with van der Waals surface area (Å²) in [4.78, 5) is 1.96. The molecule has 1 heterocycles. The Kier molecular flexibility index (Phi) is 4.76. The summed E-state index contributed by atoms with van der Waals surface area (Å²) < 4.78 is 14.9. The maximum atomic E-state index is 14.9. The number of halogens is 1. The number of phenols is 1. The monoisotopic (exact) mass is 393 g/mol. The summed E-state index contributed by atoms with van der Waals surface area (Å²) in [5, 5.41) is 19.2. The van der Waals surface area contributed by atoms with Gasteiger partial charge in [-0.25, -0.2) is 4.39 Å². The van der Waals surface area contributed by atoms with Gasteiger partial charge in [0.05, 0.1) is 11.7 Å². The normalized spacial score (nSPS) is 28.4. The highest BCUT2D eigenvalue weighted by Crippen LogP contribution is 2.45. The Morgan fingerprint density at radius 1 is 1.10 bits per heavy atom. The summed E-state index contributed by atoms with van der Waals surface area (Å²) in [6.07, 6.45) is 8.94. The highest BCUT2D eigenvalue weighted by Gasteiger charge is 2.44. The van der Waals surface area contributed by atoms with Gasteiger partial charge in [0.15, 0.2) is 5.82 Å². The van der Waals surface area contributed by atoms with Crippen LogP contribution in [0.5, 0.6) is 5.75 Å². The van der Waals surface area contributed by atoms with Crippen LogP contribution in [0.25, 0.3) is 16.8 Å². The molecule has 0 unspecified atom stereocenters. The number of aromatic nitrogens is 2. The molecule has 2 fully saturated rings. The zero-order chi connectivity index (χ0) is 20.0. The van der Waals surface area contributed by atoms with Crippen molar-refractivity contribution < 1.29 is 9.50 Å². The minimum atomic E-state index is -0.790. The molecule has 5 heteroatoms. The summed E-state index contributed by atoms with van der Waals surface area (Å²) in [5.41, 5.74) is 3.69. The third-order valence-corrected chi connectivity index (χ3v) is 7.17. The van der Waals surface area contributed by atoms with Gasteiger partial charge in [-0.05, 0) is 92.2 Å². The molecule has 3 aliphatic rings. The second-order valence-corrected chi connectivity index (χ2v) is 8.93. The van der Waals surface area contributed by atoms with Gasteiger partial charge in [-0.2, -0.15) is 0 Å². The van der Waals surface area contributed by atoms with Crippen molar-refractivity contribution in [1.82, 2.24) is 10.2 Å². The summed E-state index contributed by atoms with van der Waals surface area (Å²) in [7, 11) is 1.92. The molecule has 0 amide bonds. The molecule has 5 rings (SSSR count). The topological polar surface area (TPSA) is 49.2 Å². The van der Waals surface area contributed by atoms with Gasteiger partial charge >= 0.3 is 0 Å². The Morgan fingerprint density at radius 3 is 2.72 bits per heavy atom. The van der Waals surface area contributed by atoms with Gasteiger partial charge in [0.1, 0.15) is 11.9 Å². The van der Waals surface area contributed by atoms with Crippen molar-refractivity contribution in [2.45, 2.75) is 57.2 Å².